The zero-order chi connectivity index (χ0) is 8.04. The van der Waals surface area contributed by atoms with Crippen molar-refractivity contribution in [3.8, 4) is 0 Å². The molecule has 0 unspecified atom stereocenters. The fourth-order valence-electron chi connectivity index (χ4n) is 0.353. The Morgan fingerprint density at radius 1 is 1.40 bits per heavy atom. The van der Waals surface area contributed by atoms with Crippen LogP contribution in [0.5, 0.6) is 0 Å². The Hall–Kier alpha value is -0.170. The molecule has 5 nitrogen and oxygen atoms in total. The molecule has 0 fully saturated rings. The van der Waals surface area contributed by atoms with Gasteiger partial charge in [-0.1, -0.05) is 0 Å². The molecule has 0 saturated heterocycles. The molecule has 0 rings (SSSR count). The Balaban J connectivity index is 3.21. The first-order chi connectivity index (χ1) is 4.56. The van der Waals surface area contributed by atoms with Crippen LogP contribution in [0.25, 0.3) is 0 Å². The monoisotopic (exact) mass is 169 g/mol. The summed E-state index contributed by atoms with van der Waals surface area (Å²) in [6.45, 7) is 2.56. The van der Waals surface area contributed by atoms with Crippen molar-refractivity contribution in [2.24, 2.45) is 5.14 Å². The van der Waals surface area contributed by atoms with Gasteiger partial charge in [-0.15, -0.1) is 0 Å². The third-order valence-corrected chi connectivity index (χ3v) is 1.17. The molecular formula is C4H11NO4S. The maximum Gasteiger partial charge on any atom is 0.333 e. The summed E-state index contributed by atoms with van der Waals surface area (Å²) in [5, 5.41) is 4.51. The SMILES string of the molecule is CCOCCOS(N)(=O)=O. The van der Waals surface area contributed by atoms with Gasteiger partial charge in [0.2, 0.25) is 0 Å². The molecule has 0 radical (unpaired) electrons. The molecule has 0 aromatic heterocycles. The lowest BCUT2D eigenvalue weighted by atomic mass is 10.8. The number of nitrogens with two attached hydrogens (primary N) is 1. The Bertz CT molecular complexity index is 164. The molecule has 0 aromatic carbocycles. The van der Waals surface area contributed by atoms with E-state index in [0.29, 0.717) is 6.61 Å². The lowest BCUT2D eigenvalue weighted by molar-refractivity contribution is 0.112. The van der Waals surface area contributed by atoms with Crippen molar-refractivity contribution in [3.05, 3.63) is 0 Å². The van der Waals surface area contributed by atoms with Crippen LogP contribution in [0.15, 0.2) is 0 Å². The number of hydrogen-bond acceptors (Lipinski definition) is 4. The number of ether oxygens (including phenoxy) is 1. The van der Waals surface area contributed by atoms with Gasteiger partial charge in [-0.2, -0.15) is 8.42 Å². The lowest BCUT2D eigenvalue weighted by Crippen LogP contribution is -2.18. The first-order valence-electron chi connectivity index (χ1n) is 2.81. The minimum Gasteiger partial charge on any atom is -0.379 e. The molecule has 0 amide bonds. The Labute approximate surface area is 60.4 Å². The van der Waals surface area contributed by atoms with Gasteiger partial charge in [-0.05, 0) is 6.92 Å². The van der Waals surface area contributed by atoms with Crippen molar-refractivity contribution in [2.45, 2.75) is 6.92 Å². The van der Waals surface area contributed by atoms with Gasteiger partial charge in [0.25, 0.3) is 0 Å². The van der Waals surface area contributed by atoms with E-state index in [-0.39, 0.29) is 13.2 Å². The third-order valence-electron chi connectivity index (χ3n) is 0.679. The van der Waals surface area contributed by atoms with E-state index in [1.54, 1.807) is 6.92 Å². The van der Waals surface area contributed by atoms with Crippen molar-refractivity contribution in [3.63, 3.8) is 0 Å². The quantitative estimate of drug-likeness (QED) is 0.549. The van der Waals surface area contributed by atoms with E-state index >= 15 is 0 Å². The maximum absolute atomic E-state index is 10.1. The third kappa shape index (κ3) is 7.83. The molecule has 0 heterocycles. The van der Waals surface area contributed by atoms with Gasteiger partial charge in [0.15, 0.2) is 0 Å². The van der Waals surface area contributed by atoms with Crippen molar-refractivity contribution in [1.29, 1.82) is 0 Å². The molecule has 62 valence electrons. The fraction of sp³-hybridized carbons (Fsp3) is 1.00. The van der Waals surface area contributed by atoms with E-state index in [1.165, 1.54) is 0 Å². The van der Waals surface area contributed by atoms with Gasteiger partial charge in [-0.25, -0.2) is 5.14 Å². The zero-order valence-electron chi connectivity index (χ0n) is 5.74. The fourth-order valence-corrected chi connectivity index (χ4v) is 0.654. The molecule has 0 aromatic rings. The second-order valence-electron chi connectivity index (χ2n) is 1.51. The molecule has 0 aliphatic heterocycles. The standard InChI is InChI=1S/C4H11NO4S/c1-2-8-3-4-9-10(5,6)7/h2-4H2,1H3,(H2,5,6,7). The van der Waals surface area contributed by atoms with Crippen molar-refractivity contribution in [2.75, 3.05) is 19.8 Å². The van der Waals surface area contributed by atoms with Crippen molar-refractivity contribution >= 4 is 10.3 Å². The van der Waals surface area contributed by atoms with Crippen LogP contribution in [0, 0.1) is 0 Å². The van der Waals surface area contributed by atoms with E-state index in [2.05, 4.69) is 9.32 Å². The molecular weight excluding hydrogens is 158 g/mol. The summed E-state index contributed by atoms with van der Waals surface area (Å²) in [6.07, 6.45) is 0. The Morgan fingerprint density at radius 2 is 2.00 bits per heavy atom. The Kier molecular flexibility index (Phi) is 4.54. The summed E-state index contributed by atoms with van der Waals surface area (Å²) >= 11 is 0. The van der Waals surface area contributed by atoms with Crippen molar-refractivity contribution < 1.29 is 17.3 Å². The number of rotatable bonds is 5. The normalized spacial score (nSPS) is 11.8. The van der Waals surface area contributed by atoms with Gasteiger partial charge in [0.1, 0.15) is 0 Å². The van der Waals surface area contributed by atoms with Crippen LogP contribution < -0.4 is 5.14 Å². The molecule has 2 N–H and O–H groups in total. The maximum atomic E-state index is 10.1. The van der Waals surface area contributed by atoms with E-state index < -0.39 is 10.3 Å². The van der Waals surface area contributed by atoms with Crippen molar-refractivity contribution in [1.82, 2.24) is 0 Å². The molecule has 0 saturated carbocycles. The highest BCUT2D eigenvalue weighted by molar-refractivity contribution is 7.84. The van der Waals surface area contributed by atoms with Gasteiger partial charge in [0, 0.05) is 6.61 Å². The molecule has 6 heteroatoms. The van der Waals surface area contributed by atoms with E-state index in [0.717, 1.165) is 0 Å². The Morgan fingerprint density at radius 3 is 2.40 bits per heavy atom. The van der Waals surface area contributed by atoms with Crippen LogP contribution in [0.4, 0.5) is 0 Å². The first-order valence-corrected chi connectivity index (χ1v) is 4.28. The van der Waals surface area contributed by atoms with Gasteiger partial charge in [-0.3, -0.25) is 4.18 Å². The minimum atomic E-state index is -3.78. The highest BCUT2D eigenvalue weighted by Gasteiger charge is 1.99. The van der Waals surface area contributed by atoms with E-state index in [1.807, 2.05) is 0 Å². The second-order valence-corrected chi connectivity index (χ2v) is 2.73. The minimum absolute atomic E-state index is 0.0212. The summed E-state index contributed by atoms with van der Waals surface area (Å²) in [5.74, 6) is 0. The molecule has 0 atom stereocenters. The van der Waals surface area contributed by atoms with Crippen LogP contribution in [-0.4, -0.2) is 28.2 Å². The smallest absolute Gasteiger partial charge is 0.333 e. The molecule has 0 bridgehead atoms. The average Bonchev–Trinajstić information content (AvgIpc) is 1.78. The second kappa shape index (κ2) is 4.62. The van der Waals surface area contributed by atoms with Gasteiger partial charge in [0.05, 0.1) is 13.2 Å². The predicted molar refractivity (Wildman–Crippen MR) is 35.6 cm³/mol. The highest BCUT2D eigenvalue weighted by atomic mass is 32.2. The van der Waals surface area contributed by atoms with E-state index in [4.69, 9.17) is 4.74 Å². The van der Waals surface area contributed by atoms with Gasteiger partial charge < -0.3 is 4.74 Å². The molecule has 0 aliphatic carbocycles. The van der Waals surface area contributed by atoms with Crippen LogP contribution in [0.1, 0.15) is 6.92 Å². The molecule has 0 spiro atoms. The average molecular weight is 169 g/mol. The summed E-state index contributed by atoms with van der Waals surface area (Å²) in [4.78, 5) is 0. The topological polar surface area (TPSA) is 78.6 Å². The van der Waals surface area contributed by atoms with Crippen LogP contribution >= 0.6 is 0 Å². The summed E-state index contributed by atoms with van der Waals surface area (Å²) < 4.78 is 29.1. The zero-order valence-corrected chi connectivity index (χ0v) is 6.56. The van der Waals surface area contributed by atoms with Gasteiger partial charge >= 0.3 is 10.3 Å². The van der Waals surface area contributed by atoms with Crippen LogP contribution in [0.3, 0.4) is 0 Å². The molecule has 10 heavy (non-hydrogen) atoms. The molecule has 0 aliphatic rings. The van der Waals surface area contributed by atoms with Crippen LogP contribution in [-0.2, 0) is 19.2 Å². The van der Waals surface area contributed by atoms with Crippen LogP contribution in [0.2, 0.25) is 0 Å². The summed E-state index contributed by atoms with van der Waals surface area (Å²) in [6, 6.07) is 0. The summed E-state index contributed by atoms with van der Waals surface area (Å²) in [5.41, 5.74) is 0. The largest absolute Gasteiger partial charge is 0.379 e. The van der Waals surface area contributed by atoms with E-state index in [9.17, 15) is 8.42 Å². The number of hydrogen-bond donors (Lipinski definition) is 1. The summed E-state index contributed by atoms with van der Waals surface area (Å²) in [7, 11) is -3.78. The lowest BCUT2D eigenvalue weighted by Gasteiger charge is -1.99. The first kappa shape index (κ1) is 9.83. The predicted octanol–water partition coefficient (Wildman–Crippen LogP) is -0.757. The highest BCUT2D eigenvalue weighted by Crippen LogP contribution is 1.81.